The van der Waals surface area contributed by atoms with Crippen LogP contribution in [0.2, 0.25) is 0 Å². The Morgan fingerprint density at radius 3 is 2.65 bits per heavy atom. The summed E-state index contributed by atoms with van der Waals surface area (Å²) in [7, 11) is 0. The van der Waals surface area contributed by atoms with Crippen LogP contribution in [-0.2, 0) is 4.79 Å². The Morgan fingerprint density at radius 1 is 1.22 bits per heavy atom. The van der Waals surface area contributed by atoms with Crippen LogP contribution in [0.4, 0.5) is 0 Å². The Labute approximate surface area is 139 Å². The van der Waals surface area contributed by atoms with E-state index in [0.29, 0.717) is 17.7 Å². The van der Waals surface area contributed by atoms with Gasteiger partial charge in [-0.15, -0.1) is 0 Å². The summed E-state index contributed by atoms with van der Waals surface area (Å²) in [6.07, 6.45) is 6.01. The van der Waals surface area contributed by atoms with Gasteiger partial charge in [0, 0.05) is 5.92 Å². The van der Waals surface area contributed by atoms with Gasteiger partial charge in [0.2, 0.25) is 0 Å². The molecule has 0 bridgehead atoms. The molecule has 3 unspecified atom stereocenters. The van der Waals surface area contributed by atoms with Gasteiger partial charge in [0.25, 0.3) is 0 Å². The number of carbonyl (C=O) groups excluding carboxylic acids is 2. The van der Waals surface area contributed by atoms with Gasteiger partial charge < -0.3 is 4.74 Å². The number of Topliss-reactive ketones (excluding diaryl/α,β-unsaturated/α-hetero) is 2. The van der Waals surface area contributed by atoms with Gasteiger partial charge in [-0.1, -0.05) is 45.2 Å². The molecule has 0 aromatic heterocycles. The van der Waals surface area contributed by atoms with Gasteiger partial charge >= 0.3 is 0 Å². The molecule has 3 heteroatoms. The molecule has 23 heavy (non-hydrogen) atoms. The fraction of sp³-hybridized carbons (Fsp3) is 0.600. The molecule has 1 aliphatic rings. The predicted octanol–water partition coefficient (Wildman–Crippen LogP) is 4.83. The quantitative estimate of drug-likeness (QED) is 0.645. The highest BCUT2D eigenvalue weighted by molar-refractivity contribution is 6.01. The van der Waals surface area contributed by atoms with Gasteiger partial charge in [-0.2, -0.15) is 0 Å². The van der Waals surface area contributed by atoms with Crippen LogP contribution in [0.1, 0.15) is 69.7 Å². The van der Waals surface area contributed by atoms with E-state index in [1.54, 1.807) is 6.92 Å². The largest absolute Gasteiger partial charge is 0.489 e. The molecule has 2 rings (SSSR count). The van der Waals surface area contributed by atoms with Crippen molar-refractivity contribution in [2.24, 2.45) is 11.8 Å². The lowest BCUT2D eigenvalue weighted by Crippen LogP contribution is -2.39. The molecule has 0 saturated heterocycles. The molecule has 0 N–H and O–H groups in total. The SMILES string of the molecule is CCCCCCC1Oc2ccccc2C(=O)C1CC(C)C(C)=O. The standard InChI is InChI=1S/C20H28O3/c1-4-5-6-7-11-19-17(13-14(2)15(3)21)20(22)16-10-8-9-12-18(16)23-19/h8-10,12,14,17,19H,4-7,11,13H2,1-3H3. The second-order valence-electron chi connectivity index (χ2n) is 6.72. The summed E-state index contributed by atoms with van der Waals surface area (Å²) < 4.78 is 6.14. The molecule has 0 amide bonds. The summed E-state index contributed by atoms with van der Waals surface area (Å²) in [4.78, 5) is 24.5. The maximum atomic E-state index is 12.9. The van der Waals surface area contributed by atoms with E-state index in [1.165, 1.54) is 19.3 Å². The maximum Gasteiger partial charge on any atom is 0.173 e. The van der Waals surface area contributed by atoms with E-state index in [4.69, 9.17) is 4.74 Å². The average Bonchev–Trinajstić information content (AvgIpc) is 2.54. The second-order valence-corrected chi connectivity index (χ2v) is 6.72. The fourth-order valence-corrected chi connectivity index (χ4v) is 3.22. The molecule has 0 aliphatic carbocycles. The number of para-hydroxylation sites is 1. The first-order chi connectivity index (χ1) is 11.0. The summed E-state index contributed by atoms with van der Waals surface area (Å²) in [5.41, 5.74) is 0.665. The van der Waals surface area contributed by atoms with Crippen LogP contribution in [0.5, 0.6) is 5.75 Å². The Hall–Kier alpha value is -1.64. The minimum atomic E-state index is -0.203. The van der Waals surface area contributed by atoms with Crippen LogP contribution >= 0.6 is 0 Å². The molecule has 0 fully saturated rings. The lowest BCUT2D eigenvalue weighted by molar-refractivity contribution is -0.120. The molecule has 1 aromatic rings. The number of hydrogen-bond donors (Lipinski definition) is 0. The van der Waals surface area contributed by atoms with Crippen molar-refractivity contribution in [2.45, 2.75) is 65.4 Å². The van der Waals surface area contributed by atoms with Gasteiger partial charge in [-0.25, -0.2) is 0 Å². The van der Waals surface area contributed by atoms with Crippen molar-refractivity contribution >= 4 is 11.6 Å². The van der Waals surface area contributed by atoms with Crippen LogP contribution in [0.3, 0.4) is 0 Å². The fourth-order valence-electron chi connectivity index (χ4n) is 3.22. The van der Waals surface area contributed by atoms with E-state index in [0.717, 1.165) is 12.8 Å². The van der Waals surface area contributed by atoms with Gasteiger partial charge in [0.05, 0.1) is 11.5 Å². The van der Waals surface area contributed by atoms with Crippen LogP contribution in [0.25, 0.3) is 0 Å². The Morgan fingerprint density at radius 2 is 1.96 bits per heavy atom. The van der Waals surface area contributed by atoms with Crippen molar-refractivity contribution in [3.05, 3.63) is 29.8 Å². The van der Waals surface area contributed by atoms with E-state index in [-0.39, 0.29) is 29.5 Å². The molecule has 0 radical (unpaired) electrons. The van der Waals surface area contributed by atoms with Crippen LogP contribution in [0.15, 0.2) is 24.3 Å². The summed E-state index contributed by atoms with van der Waals surface area (Å²) in [5.74, 6) is 0.674. The lowest BCUT2D eigenvalue weighted by Gasteiger charge is -2.33. The molecule has 3 nitrogen and oxygen atoms in total. The zero-order valence-corrected chi connectivity index (χ0v) is 14.5. The normalized spacial score (nSPS) is 21.4. The Balaban J connectivity index is 2.15. The molecular weight excluding hydrogens is 288 g/mol. The topological polar surface area (TPSA) is 43.4 Å². The molecule has 0 saturated carbocycles. The van der Waals surface area contributed by atoms with E-state index < -0.39 is 0 Å². The van der Waals surface area contributed by atoms with Crippen LogP contribution in [0, 0.1) is 11.8 Å². The first-order valence-electron chi connectivity index (χ1n) is 8.85. The molecule has 0 spiro atoms. The monoisotopic (exact) mass is 316 g/mol. The van der Waals surface area contributed by atoms with Gasteiger partial charge in [-0.05, 0) is 38.3 Å². The van der Waals surface area contributed by atoms with Gasteiger partial charge in [-0.3, -0.25) is 9.59 Å². The first-order valence-corrected chi connectivity index (χ1v) is 8.85. The third kappa shape index (κ3) is 4.43. The molecule has 1 heterocycles. The number of rotatable bonds is 8. The summed E-state index contributed by atoms with van der Waals surface area (Å²) in [6, 6.07) is 7.47. The van der Waals surface area contributed by atoms with E-state index in [2.05, 4.69) is 6.92 Å². The second kappa shape index (κ2) is 8.28. The molecule has 126 valence electrons. The highest BCUT2D eigenvalue weighted by atomic mass is 16.5. The number of unbranched alkanes of at least 4 members (excludes halogenated alkanes) is 3. The van der Waals surface area contributed by atoms with Crippen molar-refractivity contribution in [1.29, 1.82) is 0 Å². The summed E-state index contributed by atoms with van der Waals surface area (Å²) >= 11 is 0. The number of hydrogen-bond acceptors (Lipinski definition) is 3. The Bertz CT molecular complexity index is 550. The van der Waals surface area contributed by atoms with E-state index >= 15 is 0 Å². The third-order valence-electron chi connectivity index (χ3n) is 4.86. The zero-order valence-electron chi connectivity index (χ0n) is 14.5. The van der Waals surface area contributed by atoms with Crippen LogP contribution < -0.4 is 4.74 Å². The van der Waals surface area contributed by atoms with Crippen molar-refractivity contribution in [2.75, 3.05) is 0 Å². The predicted molar refractivity (Wildman–Crippen MR) is 91.9 cm³/mol. The first kappa shape index (κ1) is 17.7. The van der Waals surface area contributed by atoms with E-state index in [1.807, 2.05) is 31.2 Å². The minimum Gasteiger partial charge on any atom is -0.489 e. The lowest BCUT2D eigenvalue weighted by atomic mass is 9.80. The number of fused-ring (bicyclic) bond motifs is 1. The van der Waals surface area contributed by atoms with Crippen molar-refractivity contribution < 1.29 is 14.3 Å². The number of ketones is 2. The third-order valence-corrected chi connectivity index (χ3v) is 4.86. The van der Waals surface area contributed by atoms with E-state index in [9.17, 15) is 9.59 Å². The van der Waals surface area contributed by atoms with Crippen molar-refractivity contribution in [3.63, 3.8) is 0 Å². The smallest absolute Gasteiger partial charge is 0.173 e. The van der Waals surface area contributed by atoms with Gasteiger partial charge in [0.1, 0.15) is 17.6 Å². The number of carbonyl (C=O) groups is 2. The molecule has 1 aromatic carbocycles. The van der Waals surface area contributed by atoms with Gasteiger partial charge in [0.15, 0.2) is 5.78 Å². The zero-order chi connectivity index (χ0) is 16.8. The minimum absolute atomic E-state index is 0.101. The summed E-state index contributed by atoms with van der Waals surface area (Å²) in [6.45, 7) is 5.70. The highest BCUT2D eigenvalue weighted by Crippen LogP contribution is 2.35. The average molecular weight is 316 g/mol. The highest BCUT2D eigenvalue weighted by Gasteiger charge is 2.37. The number of benzene rings is 1. The van der Waals surface area contributed by atoms with Crippen LogP contribution in [-0.4, -0.2) is 17.7 Å². The van der Waals surface area contributed by atoms with Crippen molar-refractivity contribution in [1.82, 2.24) is 0 Å². The summed E-state index contributed by atoms with van der Waals surface area (Å²) in [5, 5.41) is 0. The maximum absolute atomic E-state index is 12.9. The molecule has 3 atom stereocenters. The Kier molecular flexibility index (Phi) is 6.37. The van der Waals surface area contributed by atoms with Crippen molar-refractivity contribution in [3.8, 4) is 5.75 Å². The molecule has 1 aliphatic heterocycles. The number of ether oxygens (including phenoxy) is 1. The molecular formula is C20H28O3.